The molecule has 0 fully saturated rings. The van der Waals surface area contributed by atoms with Gasteiger partial charge in [-0.15, -0.1) is 0 Å². The summed E-state index contributed by atoms with van der Waals surface area (Å²) in [7, 11) is 0. The minimum atomic E-state index is 0.924. The second kappa shape index (κ2) is 9.44. The lowest BCUT2D eigenvalue weighted by Crippen LogP contribution is -1.87. The summed E-state index contributed by atoms with van der Waals surface area (Å²) >= 11 is 0. The molecule has 0 spiro atoms. The van der Waals surface area contributed by atoms with Crippen LogP contribution in [0.3, 0.4) is 0 Å². The normalized spacial score (nSPS) is 11.7. The number of fused-ring (bicyclic) bond motifs is 7. The van der Waals surface area contributed by atoms with Gasteiger partial charge in [0.25, 0.3) is 0 Å². The summed E-state index contributed by atoms with van der Waals surface area (Å²) in [4.78, 5) is 0. The van der Waals surface area contributed by atoms with Crippen molar-refractivity contribution in [3.05, 3.63) is 158 Å². The molecule has 9 rings (SSSR count). The van der Waals surface area contributed by atoms with E-state index in [1.54, 1.807) is 0 Å². The van der Waals surface area contributed by atoms with Crippen molar-refractivity contribution in [1.29, 1.82) is 0 Å². The predicted octanol–water partition coefficient (Wildman–Crippen LogP) is 12.0. The Hall–Kier alpha value is -5.66. The summed E-state index contributed by atoms with van der Waals surface area (Å²) in [6.07, 6.45) is 0. The quantitative estimate of drug-likeness (QED) is 0.201. The lowest BCUT2D eigenvalue weighted by Gasteiger charge is -2.14. The zero-order valence-corrected chi connectivity index (χ0v) is 23.4. The van der Waals surface area contributed by atoms with Crippen LogP contribution in [0.4, 0.5) is 0 Å². The largest absolute Gasteiger partial charge is 0.455 e. The fourth-order valence-electron chi connectivity index (χ4n) is 6.79. The third-order valence-electron chi connectivity index (χ3n) is 8.87. The Morgan fingerprint density at radius 2 is 0.907 bits per heavy atom. The first kappa shape index (κ1) is 24.0. The van der Waals surface area contributed by atoms with E-state index in [-0.39, 0.29) is 0 Å². The molecule has 0 bridgehead atoms. The van der Waals surface area contributed by atoms with Gasteiger partial charge < -0.3 is 4.42 Å². The maximum Gasteiger partial charge on any atom is 0.143 e. The van der Waals surface area contributed by atoms with Crippen LogP contribution in [0.15, 0.2) is 162 Å². The topological polar surface area (TPSA) is 13.1 Å². The van der Waals surface area contributed by atoms with E-state index in [9.17, 15) is 0 Å². The molecule has 0 saturated carbocycles. The minimum Gasteiger partial charge on any atom is -0.455 e. The number of rotatable bonds is 3. The van der Waals surface area contributed by atoms with Crippen molar-refractivity contribution in [2.24, 2.45) is 0 Å². The molecule has 1 aromatic heterocycles. The van der Waals surface area contributed by atoms with Crippen LogP contribution in [0, 0.1) is 0 Å². The van der Waals surface area contributed by atoms with E-state index in [4.69, 9.17) is 4.42 Å². The van der Waals surface area contributed by atoms with E-state index in [1.807, 2.05) is 12.1 Å². The van der Waals surface area contributed by atoms with Gasteiger partial charge in [-0.3, -0.25) is 0 Å². The standard InChI is InChI=1S/C42H26O/c1-2-11-32-27(9-1)10-7-15-33(32)30-23-24-31-26-39(35-12-3-4-13-36(35)40(31)25-30)29-21-19-28(20-22-29)34-16-8-17-38-37-14-5-6-18-41(37)43-42(34)38/h1-26H. The van der Waals surface area contributed by atoms with Gasteiger partial charge in [0, 0.05) is 16.3 Å². The monoisotopic (exact) mass is 546 g/mol. The Morgan fingerprint density at radius 3 is 1.77 bits per heavy atom. The molecule has 1 heterocycles. The lowest BCUT2D eigenvalue weighted by atomic mass is 9.90. The Bertz CT molecular complexity index is 2490. The Morgan fingerprint density at radius 1 is 0.302 bits per heavy atom. The average Bonchev–Trinajstić information content (AvgIpc) is 3.47. The van der Waals surface area contributed by atoms with Gasteiger partial charge in [0.05, 0.1) is 0 Å². The van der Waals surface area contributed by atoms with Gasteiger partial charge in [0.1, 0.15) is 11.2 Å². The Balaban J connectivity index is 1.18. The SMILES string of the molecule is c1ccc2c(-c3ccc4cc(-c5ccc(-c6cccc7c6oc6ccccc67)cc5)c5ccccc5c4c3)cccc2c1. The number of furan rings is 1. The van der Waals surface area contributed by atoms with E-state index in [2.05, 4.69) is 146 Å². The van der Waals surface area contributed by atoms with Crippen molar-refractivity contribution < 1.29 is 4.42 Å². The summed E-state index contributed by atoms with van der Waals surface area (Å²) in [5.41, 5.74) is 9.09. The van der Waals surface area contributed by atoms with Crippen LogP contribution in [0.1, 0.15) is 0 Å². The summed E-state index contributed by atoms with van der Waals surface area (Å²) < 4.78 is 6.32. The van der Waals surface area contributed by atoms with Crippen LogP contribution < -0.4 is 0 Å². The van der Waals surface area contributed by atoms with E-state index >= 15 is 0 Å². The summed E-state index contributed by atoms with van der Waals surface area (Å²) in [6, 6.07) is 56.8. The van der Waals surface area contributed by atoms with Gasteiger partial charge in [-0.1, -0.05) is 140 Å². The predicted molar refractivity (Wildman–Crippen MR) is 183 cm³/mol. The second-order valence-electron chi connectivity index (χ2n) is 11.3. The molecule has 0 atom stereocenters. The molecule has 0 aliphatic rings. The zero-order chi connectivity index (χ0) is 28.3. The van der Waals surface area contributed by atoms with Crippen molar-refractivity contribution in [2.45, 2.75) is 0 Å². The lowest BCUT2D eigenvalue weighted by molar-refractivity contribution is 0.670. The van der Waals surface area contributed by atoms with Crippen LogP contribution in [0.2, 0.25) is 0 Å². The van der Waals surface area contributed by atoms with Crippen molar-refractivity contribution >= 4 is 54.3 Å². The molecule has 0 unspecified atom stereocenters. The maximum atomic E-state index is 6.32. The third-order valence-corrected chi connectivity index (χ3v) is 8.87. The van der Waals surface area contributed by atoms with Gasteiger partial charge in [-0.25, -0.2) is 0 Å². The smallest absolute Gasteiger partial charge is 0.143 e. The molecule has 8 aromatic carbocycles. The van der Waals surface area contributed by atoms with Crippen LogP contribution in [-0.4, -0.2) is 0 Å². The summed E-state index contributed by atoms with van der Waals surface area (Å²) in [6.45, 7) is 0. The van der Waals surface area contributed by atoms with Gasteiger partial charge in [-0.05, 0) is 78.3 Å². The van der Waals surface area contributed by atoms with Gasteiger partial charge in [-0.2, -0.15) is 0 Å². The van der Waals surface area contributed by atoms with E-state index < -0.39 is 0 Å². The molecule has 0 N–H and O–H groups in total. The number of benzene rings is 8. The Labute approximate surface area is 249 Å². The first-order valence-electron chi connectivity index (χ1n) is 14.8. The van der Waals surface area contributed by atoms with Crippen LogP contribution >= 0.6 is 0 Å². The van der Waals surface area contributed by atoms with Crippen molar-refractivity contribution in [2.75, 3.05) is 0 Å². The zero-order valence-electron chi connectivity index (χ0n) is 23.4. The molecule has 0 aliphatic heterocycles. The van der Waals surface area contributed by atoms with E-state index in [0.29, 0.717) is 0 Å². The highest BCUT2D eigenvalue weighted by molar-refractivity contribution is 6.15. The molecule has 1 heteroatoms. The van der Waals surface area contributed by atoms with Crippen LogP contribution in [0.25, 0.3) is 87.6 Å². The highest BCUT2D eigenvalue weighted by Gasteiger charge is 2.14. The van der Waals surface area contributed by atoms with Gasteiger partial charge in [0.15, 0.2) is 0 Å². The van der Waals surface area contributed by atoms with Crippen LogP contribution in [-0.2, 0) is 0 Å². The molecule has 0 aliphatic carbocycles. The first-order chi connectivity index (χ1) is 21.3. The fourth-order valence-corrected chi connectivity index (χ4v) is 6.79. The summed E-state index contributed by atoms with van der Waals surface area (Å²) in [5, 5.41) is 9.91. The molecule has 1 nitrogen and oxygen atoms in total. The molecule has 43 heavy (non-hydrogen) atoms. The second-order valence-corrected chi connectivity index (χ2v) is 11.3. The molecule has 9 aromatic rings. The van der Waals surface area contributed by atoms with Crippen molar-refractivity contribution in [1.82, 2.24) is 0 Å². The number of hydrogen-bond donors (Lipinski definition) is 0. The molecular formula is C42H26O. The van der Waals surface area contributed by atoms with Gasteiger partial charge >= 0.3 is 0 Å². The average molecular weight is 547 g/mol. The highest BCUT2D eigenvalue weighted by Crippen LogP contribution is 2.40. The van der Waals surface area contributed by atoms with E-state index in [0.717, 1.165) is 33.1 Å². The highest BCUT2D eigenvalue weighted by atomic mass is 16.3. The minimum absolute atomic E-state index is 0.924. The van der Waals surface area contributed by atoms with Crippen LogP contribution in [0.5, 0.6) is 0 Å². The molecule has 0 amide bonds. The number of para-hydroxylation sites is 2. The third kappa shape index (κ3) is 3.79. The molecular weight excluding hydrogens is 520 g/mol. The van der Waals surface area contributed by atoms with Crippen molar-refractivity contribution in [3.63, 3.8) is 0 Å². The first-order valence-corrected chi connectivity index (χ1v) is 14.8. The van der Waals surface area contributed by atoms with Gasteiger partial charge in [0.2, 0.25) is 0 Å². The fraction of sp³-hybridized carbons (Fsp3) is 0. The molecule has 200 valence electrons. The Kier molecular flexibility index (Phi) is 5.27. The molecule has 0 radical (unpaired) electrons. The number of hydrogen-bond acceptors (Lipinski definition) is 1. The summed E-state index contributed by atoms with van der Waals surface area (Å²) in [5.74, 6) is 0. The maximum absolute atomic E-state index is 6.32. The van der Waals surface area contributed by atoms with Crippen molar-refractivity contribution in [3.8, 4) is 33.4 Å². The van der Waals surface area contributed by atoms with E-state index in [1.165, 1.54) is 54.6 Å². The molecule has 0 saturated heterocycles.